The molecule has 0 rings (SSSR count). The Labute approximate surface area is 121 Å². The van der Waals surface area contributed by atoms with Crippen LogP contribution in [0.15, 0.2) is 0 Å². The summed E-state index contributed by atoms with van der Waals surface area (Å²) in [7, 11) is -5.61. The smallest absolute Gasteiger partial charge is 0.894 e. The zero-order valence-electron chi connectivity index (χ0n) is 6.05. The van der Waals surface area contributed by atoms with Gasteiger partial charge in [0.1, 0.15) is 0 Å². The zero-order valence-corrected chi connectivity index (χ0v) is 12.4. The first-order valence-electron chi connectivity index (χ1n) is 1.32. The molecule has 0 amide bonds. The van der Waals surface area contributed by atoms with Gasteiger partial charge in [0.25, 0.3) is 0 Å². The second kappa shape index (κ2) is 15.9. The minimum Gasteiger partial charge on any atom is -0.894 e. The SMILES string of the molecule is O=S([O-])[O-].[Al+3].[Mg+2].[Na+].[O-][Si]([O-])([O-])[O-]. The summed E-state index contributed by atoms with van der Waals surface area (Å²) < 4.78 is 25.3. The second-order valence-corrected chi connectivity index (χ2v) is 2.11. The standard InChI is InChI=1S/Al.Mg.Na.O4Si.H2O3S/c;;;1-5(2,3)4;1-4(2)3/h;;;;(H2,1,2,3)/q+3;+2;+1;-4;/p-2. The molecule has 0 saturated heterocycles. The largest absolute Gasteiger partial charge is 3.00 e. The number of rotatable bonds is 0. The predicted molar refractivity (Wildman–Crippen MR) is 27.0 cm³/mol. The van der Waals surface area contributed by atoms with Gasteiger partial charge in [0, 0.05) is 0 Å². The summed E-state index contributed by atoms with van der Waals surface area (Å²) in [5.41, 5.74) is 0. The molecule has 0 saturated carbocycles. The van der Waals surface area contributed by atoms with Gasteiger partial charge in [-0.2, -0.15) is 0 Å². The normalized spacial score (nSPS) is 7.92. The average Bonchev–Trinajstić information content (AvgIpc) is 1.19. The number of hydrogen-bond acceptors (Lipinski definition) is 7. The summed E-state index contributed by atoms with van der Waals surface area (Å²) in [5, 5.41) is 0. The van der Waals surface area contributed by atoms with Crippen LogP contribution in [-0.2, 0) is 11.4 Å². The van der Waals surface area contributed by atoms with Crippen molar-refractivity contribution < 1.29 is 62.1 Å². The van der Waals surface area contributed by atoms with Gasteiger partial charge in [0.15, 0.2) is 0 Å². The maximum absolute atomic E-state index is 8.58. The molecule has 0 spiro atoms. The Balaban J connectivity index is -0.0000000221. The van der Waals surface area contributed by atoms with E-state index >= 15 is 0 Å². The van der Waals surface area contributed by atoms with Gasteiger partial charge in [-0.1, -0.05) is 0 Å². The maximum Gasteiger partial charge on any atom is 3.00 e. The van der Waals surface area contributed by atoms with E-state index in [4.69, 9.17) is 32.5 Å². The van der Waals surface area contributed by atoms with Gasteiger partial charge in [-0.05, 0) is 0 Å². The van der Waals surface area contributed by atoms with Crippen molar-refractivity contribution in [1.29, 1.82) is 0 Å². The van der Waals surface area contributed by atoms with Crippen LogP contribution in [0.25, 0.3) is 0 Å². The van der Waals surface area contributed by atoms with Crippen molar-refractivity contribution in [3.05, 3.63) is 0 Å². The Bertz CT molecular complexity index is 85.9. The maximum atomic E-state index is 8.58. The molecule has 12 heavy (non-hydrogen) atoms. The van der Waals surface area contributed by atoms with Gasteiger partial charge >= 0.3 is 70.0 Å². The van der Waals surface area contributed by atoms with Crippen molar-refractivity contribution in [1.82, 2.24) is 0 Å². The van der Waals surface area contributed by atoms with E-state index in [1.54, 1.807) is 0 Å². The van der Waals surface area contributed by atoms with E-state index in [1.807, 2.05) is 0 Å². The molecule has 0 aromatic carbocycles. The Hall–Kier alpha value is 2.43. The summed E-state index contributed by atoms with van der Waals surface area (Å²) >= 11 is -3.11. The van der Waals surface area contributed by atoms with Crippen molar-refractivity contribution in [3.8, 4) is 0 Å². The summed E-state index contributed by atoms with van der Waals surface area (Å²) in [5.74, 6) is 0. The molecular formula is AlMgNaO7SSi. The minimum atomic E-state index is -5.61. The molecule has 0 atom stereocenters. The van der Waals surface area contributed by atoms with Crippen LogP contribution in [0.3, 0.4) is 0 Å². The van der Waals surface area contributed by atoms with Gasteiger partial charge in [0.2, 0.25) is 0 Å². The molecule has 0 aromatic heterocycles. The van der Waals surface area contributed by atoms with Crippen LogP contribution in [0, 0.1) is 0 Å². The van der Waals surface area contributed by atoms with Crippen LogP contribution >= 0.6 is 0 Å². The van der Waals surface area contributed by atoms with E-state index in [-0.39, 0.29) is 70.0 Å². The molecule has 0 fully saturated rings. The third kappa shape index (κ3) is 276. The minimum absolute atomic E-state index is 0. The fraction of sp³-hybridized carbons (Fsp3) is 0. The van der Waals surface area contributed by atoms with Gasteiger partial charge in [0.05, 0.1) is 0 Å². The van der Waals surface area contributed by atoms with E-state index in [0.29, 0.717) is 0 Å². The predicted octanol–water partition coefficient (Wildman–Crippen LogP) is -9.90. The zero-order chi connectivity index (χ0) is 8.08. The molecule has 0 heterocycles. The fourth-order valence-corrected chi connectivity index (χ4v) is 0. The Morgan fingerprint density at radius 1 is 1.00 bits per heavy atom. The third-order valence-electron chi connectivity index (χ3n) is 0. The first-order chi connectivity index (χ1) is 3.73. The molecule has 58 valence electrons. The summed E-state index contributed by atoms with van der Waals surface area (Å²) in [4.78, 5) is 34.3. The van der Waals surface area contributed by atoms with Crippen LogP contribution < -0.4 is 48.7 Å². The van der Waals surface area contributed by atoms with Gasteiger partial charge in [-0.15, -0.1) is 11.4 Å². The Kier molecular flexibility index (Phi) is 38.7. The molecule has 0 aliphatic rings. The molecule has 0 aliphatic carbocycles. The molecule has 0 N–H and O–H groups in total. The second-order valence-electron chi connectivity index (χ2n) is 0.704. The fourth-order valence-electron chi connectivity index (χ4n) is 0. The van der Waals surface area contributed by atoms with E-state index in [9.17, 15) is 0 Å². The Morgan fingerprint density at radius 3 is 1.00 bits per heavy atom. The van der Waals surface area contributed by atoms with Crippen molar-refractivity contribution in [3.63, 3.8) is 0 Å². The van der Waals surface area contributed by atoms with Crippen molar-refractivity contribution in [2.24, 2.45) is 0 Å². The molecular weight excluding hydrogens is 246 g/mol. The third-order valence-corrected chi connectivity index (χ3v) is 0. The molecule has 0 aliphatic heterocycles. The first kappa shape index (κ1) is 29.3. The quantitative estimate of drug-likeness (QED) is 0.303. The van der Waals surface area contributed by atoms with Crippen molar-refractivity contribution in [2.75, 3.05) is 0 Å². The first-order valence-corrected chi connectivity index (χ1v) is 3.95. The van der Waals surface area contributed by atoms with Crippen LogP contribution in [0.5, 0.6) is 0 Å². The van der Waals surface area contributed by atoms with Gasteiger partial charge < -0.3 is 37.3 Å². The molecule has 7 nitrogen and oxygen atoms in total. The van der Waals surface area contributed by atoms with Crippen LogP contribution in [-0.4, -0.2) is 62.8 Å². The van der Waals surface area contributed by atoms with Crippen molar-refractivity contribution in [2.45, 2.75) is 0 Å². The van der Waals surface area contributed by atoms with E-state index in [0.717, 1.165) is 0 Å². The van der Waals surface area contributed by atoms with Crippen LogP contribution in [0.2, 0.25) is 0 Å². The summed E-state index contributed by atoms with van der Waals surface area (Å²) in [6.45, 7) is 0. The van der Waals surface area contributed by atoms with Crippen molar-refractivity contribution >= 4 is 60.8 Å². The van der Waals surface area contributed by atoms with Crippen LogP contribution in [0.4, 0.5) is 0 Å². The van der Waals surface area contributed by atoms with E-state index in [2.05, 4.69) is 0 Å². The average molecular weight is 246 g/mol. The summed E-state index contributed by atoms with van der Waals surface area (Å²) in [6, 6.07) is 0. The van der Waals surface area contributed by atoms with Gasteiger partial charge in [-0.3, -0.25) is 4.21 Å². The topological polar surface area (TPSA) is 155 Å². The van der Waals surface area contributed by atoms with Crippen LogP contribution in [0.1, 0.15) is 0 Å². The number of hydrogen-bond donors (Lipinski definition) is 0. The van der Waals surface area contributed by atoms with Gasteiger partial charge in [-0.25, -0.2) is 0 Å². The molecule has 0 aromatic rings. The van der Waals surface area contributed by atoms with E-state index in [1.165, 1.54) is 0 Å². The molecule has 0 radical (unpaired) electrons. The molecule has 12 heteroatoms. The van der Waals surface area contributed by atoms with E-state index < -0.39 is 20.4 Å². The molecule has 0 bridgehead atoms. The molecule has 0 unspecified atom stereocenters. The monoisotopic (exact) mass is 246 g/mol. The Morgan fingerprint density at radius 2 is 1.00 bits per heavy atom. The summed E-state index contributed by atoms with van der Waals surface area (Å²) in [6.07, 6.45) is 0.